The molecular formula is C12H18O. The first-order valence-electron chi connectivity index (χ1n) is 5.07. The van der Waals surface area contributed by atoms with Crippen LogP contribution >= 0.6 is 0 Å². The summed E-state index contributed by atoms with van der Waals surface area (Å²) < 4.78 is 0. The van der Waals surface area contributed by atoms with Crippen molar-refractivity contribution in [2.24, 2.45) is 0 Å². The molecular weight excluding hydrogens is 160 g/mol. The lowest BCUT2D eigenvalue weighted by Gasteiger charge is -2.12. The average Bonchev–Trinajstić information content (AvgIpc) is 2.04. The average molecular weight is 178 g/mol. The Labute approximate surface area is 80.5 Å². The second kappa shape index (κ2) is 5.00. The molecule has 1 saturated carbocycles. The second-order valence-corrected chi connectivity index (χ2v) is 3.99. The van der Waals surface area contributed by atoms with Gasteiger partial charge in [-0.15, -0.1) is 0 Å². The highest BCUT2D eigenvalue weighted by Gasteiger charge is 2.05. The Morgan fingerprint density at radius 2 is 1.77 bits per heavy atom. The van der Waals surface area contributed by atoms with Crippen LogP contribution in [0.3, 0.4) is 0 Å². The van der Waals surface area contributed by atoms with Crippen LogP contribution in [-0.2, 0) is 4.79 Å². The molecule has 0 amide bonds. The standard InChI is InChI=1S/C12H18O/c1-10(2)8-12(13)9-11-6-4-3-5-7-11/h8-9H,3-7H2,1-2H3. The molecule has 1 heteroatoms. The molecule has 0 aromatic carbocycles. The number of hydrogen-bond acceptors (Lipinski definition) is 1. The molecule has 1 aliphatic carbocycles. The molecule has 1 aliphatic rings. The molecule has 0 aliphatic heterocycles. The molecule has 0 spiro atoms. The fourth-order valence-electron chi connectivity index (χ4n) is 1.68. The molecule has 72 valence electrons. The van der Waals surface area contributed by atoms with E-state index in [0.717, 1.165) is 18.4 Å². The summed E-state index contributed by atoms with van der Waals surface area (Å²) in [6.07, 6.45) is 9.63. The van der Waals surface area contributed by atoms with E-state index in [9.17, 15) is 4.79 Å². The maximum absolute atomic E-state index is 11.4. The lowest BCUT2D eigenvalue weighted by atomic mass is 9.94. The monoisotopic (exact) mass is 178 g/mol. The van der Waals surface area contributed by atoms with Crippen LogP contribution in [0.4, 0.5) is 0 Å². The van der Waals surface area contributed by atoms with Gasteiger partial charge in [0, 0.05) is 0 Å². The topological polar surface area (TPSA) is 17.1 Å². The highest BCUT2D eigenvalue weighted by molar-refractivity contribution is 6.00. The van der Waals surface area contributed by atoms with Gasteiger partial charge in [-0.3, -0.25) is 4.79 Å². The van der Waals surface area contributed by atoms with Crippen molar-refractivity contribution in [3.63, 3.8) is 0 Å². The van der Waals surface area contributed by atoms with Crippen LogP contribution in [-0.4, -0.2) is 5.78 Å². The third-order valence-electron chi connectivity index (χ3n) is 2.27. The van der Waals surface area contributed by atoms with Gasteiger partial charge in [0.15, 0.2) is 5.78 Å². The van der Waals surface area contributed by atoms with Crippen molar-refractivity contribution >= 4 is 5.78 Å². The van der Waals surface area contributed by atoms with E-state index in [4.69, 9.17) is 0 Å². The lowest BCUT2D eigenvalue weighted by Crippen LogP contribution is -1.97. The van der Waals surface area contributed by atoms with Gasteiger partial charge in [0.25, 0.3) is 0 Å². The summed E-state index contributed by atoms with van der Waals surface area (Å²) in [6.45, 7) is 3.91. The van der Waals surface area contributed by atoms with Gasteiger partial charge < -0.3 is 0 Å². The number of carbonyl (C=O) groups excluding carboxylic acids is 1. The summed E-state index contributed by atoms with van der Waals surface area (Å²) in [6, 6.07) is 0. The van der Waals surface area contributed by atoms with Crippen LogP contribution in [0.15, 0.2) is 23.3 Å². The molecule has 0 aromatic rings. The van der Waals surface area contributed by atoms with Crippen molar-refractivity contribution < 1.29 is 4.79 Å². The van der Waals surface area contributed by atoms with Crippen LogP contribution < -0.4 is 0 Å². The van der Waals surface area contributed by atoms with Crippen LogP contribution in [0.1, 0.15) is 46.0 Å². The molecule has 0 unspecified atom stereocenters. The van der Waals surface area contributed by atoms with E-state index in [1.54, 1.807) is 6.08 Å². The largest absolute Gasteiger partial charge is 0.290 e. The third-order valence-corrected chi connectivity index (χ3v) is 2.27. The quantitative estimate of drug-likeness (QED) is 0.592. The van der Waals surface area contributed by atoms with Crippen LogP contribution in [0.25, 0.3) is 0 Å². The van der Waals surface area contributed by atoms with E-state index in [-0.39, 0.29) is 5.78 Å². The number of ketones is 1. The molecule has 0 atom stereocenters. The van der Waals surface area contributed by atoms with Crippen molar-refractivity contribution in [2.75, 3.05) is 0 Å². The van der Waals surface area contributed by atoms with Gasteiger partial charge in [0.05, 0.1) is 0 Å². The van der Waals surface area contributed by atoms with E-state index in [2.05, 4.69) is 0 Å². The maximum atomic E-state index is 11.4. The van der Waals surface area contributed by atoms with Gasteiger partial charge in [-0.1, -0.05) is 17.6 Å². The molecule has 0 aromatic heterocycles. The van der Waals surface area contributed by atoms with Crippen LogP contribution in [0, 0.1) is 0 Å². The first kappa shape index (κ1) is 10.2. The maximum Gasteiger partial charge on any atom is 0.178 e. The summed E-state index contributed by atoms with van der Waals surface area (Å²) in [4.78, 5) is 11.4. The number of rotatable bonds is 2. The van der Waals surface area contributed by atoms with Crippen molar-refractivity contribution in [1.29, 1.82) is 0 Å². The summed E-state index contributed by atoms with van der Waals surface area (Å²) in [5, 5.41) is 0. The lowest BCUT2D eigenvalue weighted by molar-refractivity contribution is -0.110. The summed E-state index contributed by atoms with van der Waals surface area (Å²) in [5.41, 5.74) is 2.42. The summed E-state index contributed by atoms with van der Waals surface area (Å²) in [7, 11) is 0. The zero-order valence-corrected chi connectivity index (χ0v) is 8.60. The van der Waals surface area contributed by atoms with Crippen LogP contribution in [0.2, 0.25) is 0 Å². The minimum absolute atomic E-state index is 0.164. The molecule has 1 nitrogen and oxygen atoms in total. The van der Waals surface area contributed by atoms with Gasteiger partial charge in [-0.25, -0.2) is 0 Å². The Kier molecular flexibility index (Phi) is 3.94. The van der Waals surface area contributed by atoms with Gasteiger partial charge >= 0.3 is 0 Å². The number of allylic oxidation sites excluding steroid dienone is 4. The van der Waals surface area contributed by atoms with E-state index in [0.29, 0.717) is 0 Å². The fourth-order valence-corrected chi connectivity index (χ4v) is 1.68. The van der Waals surface area contributed by atoms with Gasteiger partial charge in [0.1, 0.15) is 0 Å². The smallest absolute Gasteiger partial charge is 0.178 e. The van der Waals surface area contributed by atoms with Crippen molar-refractivity contribution in [1.82, 2.24) is 0 Å². The summed E-state index contributed by atoms with van der Waals surface area (Å²) in [5.74, 6) is 0.164. The Morgan fingerprint density at radius 3 is 2.31 bits per heavy atom. The Bertz CT molecular complexity index is 234. The zero-order valence-electron chi connectivity index (χ0n) is 8.60. The third kappa shape index (κ3) is 4.07. The van der Waals surface area contributed by atoms with Crippen LogP contribution in [0.5, 0.6) is 0 Å². The van der Waals surface area contributed by atoms with E-state index >= 15 is 0 Å². The van der Waals surface area contributed by atoms with Gasteiger partial charge in [-0.05, 0) is 51.7 Å². The molecule has 1 rings (SSSR count). The molecule has 0 saturated heterocycles. The Balaban J connectivity index is 2.53. The Morgan fingerprint density at radius 1 is 1.15 bits per heavy atom. The first-order chi connectivity index (χ1) is 6.18. The molecule has 0 bridgehead atoms. The van der Waals surface area contributed by atoms with Gasteiger partial charge in [0.2, 0.25) is 0 Å². The number of hydrogen-bond donors (Lipinski definition) is 0. The van der Waals surface area contributed by atoms with E-state index in [1.807, 2.05) is 19.9 Å². The highest BCUT2D eigenvalue weighted by atomic mass is 16.1. The predicted molar refractivity (Wildman–Crippen MR) is 55.6 cm³/mol. The minimum Gasteiger partial charge on any atom is -0.290 e. The molecule has 13 heavy (non-hydrogen) atoms. The summed E-state index contributed by atoms with van der Waals surface area (Å²) >= 11 is 0. The van der Waals surface area contributed by atoms with Crippen molar-refractivity contribution in [3.8, 4) is 0 Å². The first-order valence-corrected chi connectivity index (χ1v) is 5.07. The fraction of sp³-hybridized carbons (Fsp3) is 0.583. The minimum atomic E-state index is 0.164. The molecule has 0 heterocycles. The van der Waals surface area contributed by atoms with Gasteiger partial charge in [-0.2, -0.15) is 0 Å². The number of carbonyl (C=O) groups is 1. The highest BCUT2D eigenvalue weighted by Crippen LogP contribution is 2.22. The van der Waals surface area contributed by atoms with E-state index in [1.165, 1.54) is 24.8 Å². The molecule has 1 fully saturated rings. The Hall–Kier alpha value is -0.850. The normalized spacial score (nSPS) is 16.6. The predicted octanol–water partition coefficient (Wildman–Crippen LogP) is 3.41. The molecule has 0 N–H and O–H groups in total. The molecule has 0 radical (unpaired) electrons. The van der Waals surface area contributed by atoms with E-state index < -0.39 is 0 Å². The second-order valence-electron chi connectivity index (χ2n) is 3.99. The van der Waals surface area contributed by atoms with Crippen molar-refractivity contribution in [2.45, 2.75) is 46.0 Å². The SMILES string of the molecule is CC(C)=CC(=O)C=C1CCCCC1. The zero-order chi connectivity index (χ0) is 9.68. The van der Waals surface area contributed by atoms with Crippen molar-refractivity contribution in [3.05, 3.63) is 23.3 Å².